The fourth-order valence-corrected chi connectivity index (χ4v) is 2.71. The average molecular weight is 290 g/mol. The number of nitrogens with zero attached hydrogens (tertiary/aromatic N) is 1. The molecule has 1 aliphatic heterocycles. The van der Waals surface area contributed by atoms with Crippen LogP contribution in [0.5, 0.6) is 0 Å². The van der Waals surface area contributed by atoms with Crippen molar-refractivity contribution in [2.75, 3.05) is 25.0 Å². The number of carbonyl (C=O) groups is 2. The van der Waals surface area contributed by atoms with Gasteiger partial charge in [0.15, 0.2) is 0 Å². The number of nitrogens with one attached hydrogen (secondary N) is 1. The molecule has 21 heavy (non-hydrogen) atoms. The van der Waals surface area contributed by atoms with Crippen LogP contribution in [0.3, 0.4) is 0 Å². The molecule has 1 atom stereocenters. The van der Waals surface area contributed by atoms with Gasteiger partial charge in [-0.1, -0.05) is 17.7 Å². The Kier molecular flexibility index (Phi) is 4.32. The highest BCUT2D eigenvalue weighted by Crippen LogP contribution is 2.29. The number of aryl methyl sites for hydroxylation is 2. The second-order valence-electron chi connectivity index (χ2n) is 6.19. The van der Waals surface area contributed by atoms with Crippen LogP contribution in [-0.4, -0.2) is 41.5 Å². The standard InChI is InChI=1S/C16H22N2O3/c1-11-4-5-13(12(2)8-11)17-14(19)9-18-7-6-16(3,10-18)15(20)21/h4-5,8H,6-7,9-10H2,1-3H3,(H,17,19)(H,20,21). The summed E-state index contributed by atoms with van der Waals surface area (Å²) in [6.45, 7) is 6.99. The lowest BCUT2D eigenvalue weighted by Crippen LogP contribution is -2.35. The molecule has 0 saturated carbocycles. The third-order valence-corrected chi connectivity index (χ3v) is 4.09. The Morgan fingerprint density at radius 2 is 2.10 bits per heavy atom. The Bertz CT molecular complexity index is 571. The fourth-order valence-electron chi connectivity index (χ4n) is 2.71. The second kappa shape index (κ2) is 5.85. The first-order valence-corrected chi connectivity index (χ1v) is 7.13. The summed E-state index contributed by atoms with van der Waals surface area (Å²) in [4.78, 5) is 25.2. The minimum absolute atomic E-state index is 0.100. The zero-order valence-electron chi connectivity index (χ0n) is 12.8. The molecule has 5 nitrogen and oxygen atoms in total. The molecule has 2 N–H and O–H groups in total. The van der Waals surface area contributed by atoms with E-state index in [9.17, 15) is 14.7 Å². The van der Waals surface area contributed by atoms with Crippen molar-refractivity contribution in [3.05, 3.63) is 29.3 Å². The number of rotatable bonds is 4. The quantitative estimate of drug-likeness (QED) is 0.890. The Hall–Kier alpha value is -1.88. The van der Waals surface area contributed by atoms with Crippen molar-refractivity contribution < 1.29 is 14.7 Å². The van der Waals surface area contributed by atoms with Crippen LogP contribution in [0.4, 0.5) is 5.69 Å². The Labute approximate surface area is 125 Å². The van der Waals surface area contributed by atoms with E-state index in [2.05, 4.69) is 5.32 Å². The van der Waals surface area contributed by atoms with E-state index in [1.54, 1.807) is 6.92 Å². The number of hydrogen-bond donors (Lipinski definition) is 2. The van der Waals surface area contributed by atoms with Crippen LogP contribution in [0.1, 0.15) is 24.5 Å². The van der Waals surface area contributed by atoms with E-state index >= 15 is 0 Å². The lowest BCUT2D eigenvalue weighted by Gasteiger charge is -2.19. The van der Waals surface area contributed by atoms with Gasteiger partial charge in [0, 0.05) is 12.2 Å². The first kappa shape index (κ1) is 15.5. The molecule has 5 heteroatoms. The molecular formula is C16H22N2O3. The zero-order chi connectivity index (χ0) is 15.6. The topological polar surface area (TPSA) is 69.6 Å². The molecule has 114 valence electrons. The number of amides is 1. The summed E-state index contributed by atoms with van der Waals surface area (Å²) in [6.07, 6.45) is 0.583. The SMILES string of the molecule is Cc1ccc(NC(=O)CN2CCC(C)(C(=O)O)C2)c(C)c1. The highest BCUT2D eigenvalue weighted by molar-refractivity contribution is 5.93. The van der Waals surface area contributed by atoms with Gasteiger partial charge in [-0.25, -0.2) is 0 Å². The highest BCUT2D eigenvalue weighted by atomic mass is 16.4. The number of carbonyl (C=O) groups excluding carboxylic acids is 1. The molecule has 1 heterocycles. The van der Waals surface area contributed by atoms with Crippen molar-refractivity contribution in [2.24, 2.45) is 5.41 Å². The summed E-state index contributed by atoms with van der Waals surface area (Å²) in [5.74, 6) is -0.892. The van der Waals surface area contributed by atoms with Gasteiger partial charge < -0.3 is 10.4 Å². The first-order valence-electron chi connectivity index (χ1n) is 7.13. The first-order chi connectivity index (χ1) is 9.80. The van der Waals surface area contributed by atoms with Gasteiger partial charge in [-0.15, -0.1) is 0 Å². The molecule has 1 aromatic rings. The third-order valence-electron chi connectivity index (χ3n) is 4.09. The van der Waals surface area contributed by atoms with Crippen molar-refractivity contribution in [2.45, 2.75) is 27.2 Å². The van der Waals surface area contributed by atoms with Crippen LogP contribution in [0.15, 0.2) is 18.2 Å². The second-order valence-corrected chi connectivity index (χ2v) is 6.19. The van der Waals surface area contributed by atoms with E-state index in [1.165, 1.54) is 0 Å². The maximum absolute atomic E-state index is 12.1. The fraction of sp³-hybridized carbons (Fsp3) is 0.500. The summed E-state index contributed by atoms with van der Waals surface area (Å²) in [7, 11) is 0. The Morgan fingerprint density at radius 1 is 1.38 bits per heavy atom. The monoisotopic (exact) mass is 290 g/mol. The summed E-state index contributed by atoms with van der Waals surface area (Å²) in [6, 6.07) is 5.88. The lowest BCUT2D eigenvalue weighted by atomic mass is 9.90. The smallest absolute Gasteiger partial charge is 0.310 e. The Balaban J connectivity index is 1.93. The summed E-state index contributed by atoms with van der Waals surface area (Å²) in [5.41, 5.74) is 2.26. The zero-order valence-corrected chi connectivity index (χ0v) is 12.8. The summed E-state index contributed by atoms with van der Waals surface area (Å²) < 4.78 is 0. The van der Waals surface area contributed by atoms with Crippen LogP contribution in [0.2, 0.25) is 0 Å². The molecule has 1 fully saturated rings. The Morgan fingerprint density at radius 3 is 2.67 bits per heavy atom. The average Bonchev–Trinajstić information content (AvgIpc) is 2.76. The van der Waals surface area contributed by atoms with Gasteiger partial charge in [-0.3, -0.25) is 14.5 Å². The van der Waals surface area contributed by atoms with E-state index < -0.39 is 11.4 Å². The van der Waals surface area contributed by atoms with Gasteiger partial charge in [0.2, 0.25) is 5.91 Å². The minimum atomic E-state index is -0.792. The van der Waals surface area contributed by atoms with E-state index in [4.69, 9.17) is 0 Å². The summed E-state index contributed by atoms with van der Waals surface area (Å²) in [5, 5.41) is 12.1. The normalized spacial score (nSPS) is 22.2. The van der Waals surface area contributed by atoms with Gasteiger partial charge in [0.1, 0.15) is 0 Å². The molecule has 0 aliphatic carbocycles. The number of carboxylic acids is 1. The lowest BCUT2D eigenvalue weighted by molar-refractivity contribution is -0.147. The van der Waals surface area contributed by atoms with E-state index in [1.807, 2.05) is 36.9 Å². The van der Waals surface area contributed by atoms with Crippen molar-refractivity contribution in [1.82, 2.24) is 4.90 Å². The summed E-state index contributed by atoms with van der Waals surface area (Å²) >= 11 is 0. The van der Waals surface area contributed by atoms with Crippen molar-refractivity contribution in [3.8, 4) is 0 Å². The van der Waals surface area contributed by atoms with Crippen molar-refractivity contribution in [3.63, 3.8) is 0 Å². The van der Waals surface area contributed by atoms with Crippen LogP contribution >= 0.6 is 0 Å². The molecule has 1 saturated heterocycles. The molecule has 1 unspecified atom stereocenters. The number of likely N-dealkylation sites (tertiary alicyclic amines) is 1. The van der Waals surface area contributed by atoms with Crippen molar-refractivity contribution in [1.29, 1.82) is 0 Å². The van der Waals surface area contributed by atoms with Gasteiger partial charge in [0.25, 0.3) is 0 Å². The predicted octanol–water partition coefficient (Wildman–Crippen LogP) is 2.04. The molecule has 0 bridgehead atoms. The van der Waals surface area contributed by atoms with E-state index in [0.717, 1.165) is 16.8 Å². The molecule has 1 aliphatic rings. The highest BCUT2D eigenvalue weighted by Gasteiger charge is 2.40. The minimum Gasteiger partial charge on any atom is -0.481 e. The number of hydrogen-bond acceptors (Lipinski definition) is 3. The maximum Gasteiger partial charge on any atom is 0.310 e. The van der Waals surface area contributed by atoms with Crippen LogP contribution < -0.4 is 5.32 Å². The molecule has 0 aromatic heterocycles. The number of aliphatic carboxylic acids is 1. The maximum atomic E-state index is 12.1. The van der Waals surface area contributed by atoms with E-state index in [0.29, 0.717) is 19.5 Å². The number of anilines is 1. The van der Waals surface area contributed by atoms with Gasteiger partial charge >= 0.3 is 5.97 Å². The van der Waals surface area contributed by atoms with Crippen molar-refractivity contribution >= 4 is 17.6 Å². The molecule has 2 rings (SSSR count). The van der Waals surface area contributed by atoms with Crippen LogP contribution in [0.25, 0.3) is 0 Å². The van der Waals surface area contributed by atoms with Crippen LogP contribution in [0, 0.1) is 19.3 Å². The molecular weight excluding hydrogens is 268 g/mol. The molecule has 0 spiro atoms. The van der Waals surface area contributed by atoms with Gasteiger partial charge in [0.05, 0.1) is 12.0 Å². The number of carboxylic acid groups (broad SMARTS) is 1. The third kappa shape index (κ3) is 3.61. The predicted molar refractivity (Wildman–Crippen MR) is 81.3 cm³/mol. The molecule has 0 radical (unpaired) electrons. The molecule has 1 amide bonds. The molecule has 1 aromatic carbocycles. The largest absolute Gasteiger partial charge is 0.481 e. The number of benzene rings is 1. The van der Waals surface area contributed by atoms with Gasteiger partial charge in [-0.2, -0.15) is 0 Å². The van der Waals surface area contributed by atoms with Crippen LogP contribution in [-0.2, 0) is 9.59 Å². The van der Waals surface area contributed by atoms with E-state index in [-0.39, 0.29) is 12.5 Å². The van der Waals surface area contributed by atoms with Gasteiger partial charge in [-0.05, 0) is 45.4 Å².